The van der Waals surface area contributed by atoms with Crippen LogP contribution >= 0.6 is 0 Å². The van der Waals surface area contributed by atoms with Crippen LogP contribution in [0.25, 0.3) is 5.57 Å². The van der Waals surface area contributed by atoms with Crippen LogP contribution in [0.3, 0.4) is 0 Å². The second kappa shape index (κ2) is 4.66. The Balaban J connectivity index is 2.17. The van der Waals surface area contributed by atoms with Crippen molar-refractivity contribution in [3.05, 3.63) is 54.5 Å². The van der Waals surface area contributed by atoms with Crippen LogP contribution in [0.5, 0.6) is 0 Å². The second-order valence-electron chi connectivity index (χ2n) is 5.96. The van der Waals surface area contributed by atoms with Gasteiger partial charge in [-0.2, -0.15) is 0 Å². The molecule has 1 heterocycles. The van der Waals surface area contributed by atoms with Gasteiger partial charge in [-0.05, 0) is 44.3 Å². The lowest BCUT2D eigenvalue weighted by atomic mass is 9.73. The Morgan fingerprint density at radius 3 is 1.89 bits per heavy atom. The van der Waals surface area contributed by atoms with Crippen LogP contribution in [0, 0.1) is 0 Å². The van der Waals surface area contributed by atoms with Crippen LogP contribution < -0.4 is 0 Å². The van der Waals surface area contributed by atoms with Gasteiger partial charge < -0.3 is 9.31 Å². The zero-order chi connectivity index (χ0) is 14.3. The molecule has 3 heteroatoms. The monoisotopic (exact) mass is 256 g/mol. The topological polar surface area (TPSA) is 18.5 Å². The van der Waals surface area contributed by atoms with Gasteiger partial charge in [-0.15, -0.1) is 0 Å². The van der Waals surface area contributed by atoms with E-state index in [-0.39, 0.29) is 11.2 Å². The second-order valence-corrected chi connectivity index (χ2v) is 5.96. The molecule has 1 saturated heterocycles. The lowest BCUT2D eigenvalue weighted by Crippen LogP contribution is -2.41. The molecular formula is C16H21BO2. The summed E-state index contributed by atoms with van der Waals surface area (Å²) in [6, 6.07) is 9.97. The molecule has 100 valence electrons. The average Bonchev–Trinajstić information content (AvgIpc) is 2.58. The van der Waals surface area contributed by atoms with Crippen molar-refractivity contribution in [3.63, 3.8) is 0 Å². The van der Waals surface area contributed by atoms with Crippen LogP contribution in [0.15, 0.2) is 49.0 Å². The Hall–Kier alpha value is -1.32. The molecule has 2 rings (SSSR count). The molecule has 1 aliphatic rings. The van der Waals surface area contributed by atoms with Gasteiger partial charge in [0, 0.05) is 0 Å². The molecule has 1 aliphatic heterocycles. The van der Waals surface area contributed by atoms with E-state index in [0.29, 0.717) is 0 Å². The fourth-order valence-corrected chi connectivity index (χ4v) is 1.95. The molecular weight excluding hydrogens is 235 g/mol. The minimum atomic E-state index is -0.433. The predicted molar refractivity (Wildman–Crippen MR) is 80.7 cm³/mol. The smallest absolute Gasteiger partial charge is 0.399 e. The Morgan fingerprint density at radius 2 is 1.42 bits per heavy atom. The summed E-state index contributed by atoms with van der Waals surface area (Å²) >= 11 is 0. The molecule has 1 aromatic carbocycles. The average molecular weight is 256 g/mol. The van der Waals surface area contributed by atoms with Gasteiger partial charge in [0.25, 0.3) is 0 Å². The van der Waals surface area contributed by atoms with Crippen LogP contribution in [0.4, 0.5) is 0 Å². The van der Waals surface area contributed by atoms with Gasteiger partial charge in [-0.1, -0.05) is 43.5 Å². The van der Waals surface area contributed by atoms with Crippen molar-refractivity contribution < 1.29 is 9.31 Å². The van der Waals surface area contributed by atoms with E-state index < -0.39 is 7.12 Å². The first-order chi connectivity index (χ1) is 8.74. The molecule has 0 atom stereocenters. The SMILES string of the molecule is C=C(B1OC(C)(C)C(C)(C)O1)C(=C)c1ccccc1. The van der Waals surface area contributed by atoms with Crippen molar-refractivity contribution in [2.24, 2.45) is 0 Å². The standard InChI is InChI=1S/C16H21BO2/c1-12(14-10-8-7-9-11-14)13(2)17-18-15(3,4)16(5,6)19-17/h7-11H,1-2H2,3-6H3. The highest BCUT2D eigenvalue weighted by molar-refractivity contribution is 6.58. The quantitative estimate of drug-likeness (QED) is 0.603. The summed E-state index contributed by atoms with van der Waals surface area (Å²) in [7, 11) is -0.433. The number of rotatable bonds is 3. The summed E-state index contributed by atoms with van der Waals surface area (Å²) in [5.41, 5.74) is 1.99. The normalized spacial score (nSPS) is 20.3. The van der Waals surface area contributed by atoms with Crippen molar-refractivity contribution in [2.45, 2.75) is 38.9 Å². The van der Waals surface area contributed by atoms with Crippen molar-refractivity contribution >= 4 is 12.7 Å². The van der Waals surface area contributed by atoms with Gasteiger partial charge in [0.15, 0.2) is 0 Å². The highest BCUT2D eigenvalue weighted by Crippen LogP contribution is 2.40. The minimum Gasteiger partial charge on any atom is -0.399 e. The van der Waals surface area contributed by atoms with Crippen LogP contribution in [-0.2, 0) is 9.31 Å². The maximum Gasteiger partial charge on any atom is 0.494 e. The molecule has 2 nitrogen and oxygen atoms in total. The highest BCUT2D eigenvalue weighted by Gasteiger charge is 2.52. The van der Waals surface area contributed by atoms with Gasteiger partial charge in [0.05, 0.1) is 11.2 Å². The summed E-state index contributed by atoms with van der Waals surface area (Å²) in [5, 5.41) is 0. The van der Waals surface area contributed by atoms with Gasteiger partial charge in [0.2, 0.25) is 0 Å². The highest BCUT2D eigenvalue weighted by atomic mass is 16.7. The van der Waals surface area contributed by atoms with Crippen LogP contribution in [-0.4, -0.2) is 18.3 Å². The van der Waals surface area contributed by atoms with Gasteiger partial charge in [0.1, 0.15) is 0 Å². The lowest BCUT2D eigenvalue weighted by molar-refractivity contribution is 0.00578. The molecule has 0 aliphatic carbocycles. The molecule has 0 unspecified atom stereocenters. The molecule has 0 saturated carbocycles. The van der Waals surface area contributed by atoms with Gasteiger partial charge >= 0.3 is 7.12 Å². The molecule has 1 fully saturated rings. The number of allylic oxidation sites excluding steroid dienone is 2. The fourth-order valence-electron chi connectivity index (χ4n) is 1.95. The van der Waals surface area contributed by atoms with Crippen molar-refractivity contribution in [3.8, 4) is 0 Å². The third kappa shape index (κ3) is 2.53. The Kier molecular flexibility index (Phi) is 3.46. The molecule has 19 heavy (non-hydrogen) atoms. The molecule has 0 aromatic heterocycles. The lowest BCUT2D eigenvalue weighted by Gasteiger charge is -2.32. The summed E-state index contributed by atoms with van der Waals surface area (Å²) in [4.78, 5) is 0. The first-order valence-corrected chi connectivity index (χ1v) is 6.54. The zero-order valence-corrected chi connectivity index (χ0v) is 12.2. The third-order valence-corrected chi connectivity index (χ3v) is 4.05. The van der Waals surface area contributed by atoms with Crippen molar-refractivity contribution in [1.29, 1.82) is 0 Å². The van der Waals surface area contributed by atoms with E-state index in [1.54, 1.807) is 0 Å². The zero-order valence-electron chi connectivity index (χ0n) is 12.2. The first-order valence-electron chi connectivity index (χ1n) is 6.54. The predicted octanol–water partition coefficient (Wildman–Crippen LogP) is 3.89. The molecule has 0 radical (unpaired) electrons. The number of hydrogen-bond acceptors (Lipinski definition) is 2. The van der Waals surface area contributed by atoms with Crippen LogP contribution in [0.1, 0.15) is 33.3 Å². The fraction of sp³-hybridized carbons (Fsp3) is 0.375. The minimum absolute atomic E-state index is 0.350. The van der Waals surface area contributed by atoms with E-state index >= 15 is 0 Å². The Bertz CT molecular complexity index is 487. The number of benzene rings is 1. The van der Waals surface area contributed by atoms with E-state index in [1.165, 1.54) is 0 Å². The molecule has 0 amide bonds. The third-order valence-electron chi connectivity index (χ3n) is 4.05. The first kappa shape index (κ1) is 14.1. The molecule has 0 bridgehead atoms. The van der Waals surface area contributed by atoms with E-state index in [2.05, 4.69) is 13.2 Å². The summed E-state index contributed by atoms with van der Waals surface area (Å²) < 4.78 is 12.0. The maximum atomic E-state index is 5.99. The molecule has 1 aromatic rings. The van der Waals surface area contributed by atoms with E-state index in [1.807, 2.05) is 58.0 Å². The number of hydrogen-bond donors (Lipinski definition) is 0. The van der Waals surface area contributed by atoms with Gasteiger partial charge in [-0.3, -0.25) is 0 Å². The van der Waals surface area contributed by atoms with E-state index in [4.69, 9.17) is 9.31 Å². The molecule has 0 N–H and O–H groups in total. The van der Waals surface area contributed by atoms with E-state index in [0.717, 1.165) is 16.6 Å². The summed E-state index contributed by atoms with van der Waals surface area (Å²) in [6.07, 6.45) is 0. The van der Waals surface area contributed by atoms with Crippen LogP contribution in [0.2, 0.25) is 0 Å². The molecule has 0 spiro atoms. The maximum absolute atomic E-state index is 5.99. The Labute approximate surface area is 116 Å². The largest absolute Gasteiger partial charge is 0.494 e. The summed E-state index contributed by atoms with van der Waals surface area (Å²) in [5.74, 6) is 0. The van der Waals surface area contributed by atoms with Crippen molar-refractivity contribution in [2.75, 3.05) is 0 Å². The summed E-state index contributed by atoms with van der Waals surface area (Å²) in [6.45, 7) is 16.3. The van der Waals surface area contributed by atoms with E-state index in [9.17, 15) is 0 Å². The Morgan fingerprint density at radius 1 is 0.947 bits per heavy atom. The van der Waals surface area contributed by atoms with Gasteiger partial charge in [-0.25, -0.2) is 0 Å². The van der Waals surface area contributed by atoms with Crippen molar-refractivity contribution in [1.82, 2.24) is 0 Å².